The number of anilines is 2. The van der Waals surface area contributed by atoms with Crippen molar-refractivity contribution >= 4 is 29.1 Å². The molecule has 0 radical (unpaired) electrons. The molecule has 9 heteroatoms. The first-order valence-corrected chi connectivity index (χ1v) is 11.6. The van der Waals surface area contributed by atoms with E-state index in [2.05, 4.69) is 32.6 Å². The summed E-state index contributed by atoms with van der Waals surface area (Å²) in [7, 11) is 1.53. The molecule has 180 valence electrons. The zero-order valence-corrected chi connectivity index (χ0v) is 19.4. The molecule has 0 aliphatic carbocycles. The number of hydrogen-bond acceptors (Lipinski definition) is 6. The average molecular weight is 466 g/mol. The van der Waals surface area contributed by atoms with Gasteiger partial charge in [-0.15, -0.1) is 0 Å². The van der Waals surface area contributed by atoms with Crippen LogP contribution in [0.15, 0.2) is 54.6 Å². The minimum Gasteiger partial charge on any atom is -0.495 e. The molecule has 2 saturated heterocycles. The van der Waals surface area contributed by atoms with Crippen LogP contribution >= 0.6 is 0 Å². The Morgan fingerprint density at radius 3 is 2.44 bits per heavy atom. The van der Waals surface area contributed by atoms with Gasteiger partial charge in [0.1, 0.15) is 11.8 Å². The highest BCUT2D eigenvalue weighted by atomic mass is 16.5. The summed E-state index contributed by atoms with van der Waals surface area (Å²) < 4.78 is 5.27. The highest BCUT2D eigenvalue weighted by Crippen LogP contribution is 2.24. The number of para-hydroxylation sites is 3. The van der Waals surface area contributed by atoms with Crippen LogP contribution in [0.2, 0.25) is 0 Å². The minimum atomic E-state index is -0.832. The Labute approximate surface area is 199 Å². The molecular formula is C25H31N5O4. The molecule has 2 aromatic rings. The molecule has 34 heavy (non-hydrogen) atoms. The van der Waals surface area contributed by atoms with Gasteiger partial charge in [0.2, 0.25) is 17.7 Å². The van der Waals surface area contributed by atoms with Crippen LogP contribution in [0, 0.1) is 0 Å². The highest BCUT2D eigenvalue weighted by Gasteiger charge is 2.35. The third kappa shape index (κ3) is 5.66. The third-order valence-corrected chi connectivity index (χ3v) is 6.26. The zero-order chi connectivity index (χ0) is 23.9. The minimum absolute atomic E-state index is 0.114. The Morgan fingerprint density at radius 2 is 1.71 bits per heavy atom. The van der Waals surface area contributed by atoms with Crippen LogP contribution in [0.5, 0.6) is 5.75 Å². The number of benzene rings is 2. The number of nitrogens with one attached hydrogen (secondary N) is 2. The number of carbonyl (C=O) groups excluding carboxylic acids is 3. The monoisotopic (exact) mass is 465 g/mol. The maximum atomic E-state index is 13.2. The molecule has 2 aliphatic rings. The number of ether oxygens (including phenoxy) is 1. The molecule has 2 aromatic carbocycles. The van der Waals surface area contributed by atoms with Crippen molar-refractivity contribution in [3.05, 3.63) is 54.6 Å². The second-order valence-corrected chi connectivity index (χ2v) is 8.45. The predicted molar refractivity (Wildman–Crippen MR) is 130 cm³/mol. The Balaban J connectivity index is 1.34. The molecule has 0 bridgehead atoms. The quantitative estimate of drug-likeness (QED) is 0.638. The standard InChI is InChI=1S/C25H31N5O4/c1-34-22-10-6-5-9-20(22)27-23(31)17-21-25(33)26-11-12-30(21)24(32)18-28-13-15-29(16-14-28)19-7-3-2-4-8-19/h2-10,21H,11-18H2,1H3,(H,26,33)(H,27,31)/t21-/m0/s1. The van der Waals surface area contributed by atoms with Crippen molar-refractivity contribution < 1.29 is 19.1 Å². The first-order chi connectivity index (χ1) is 16.5. The molecule has 3 amide bonds. The summed E-state index contributed by atoms with van der Waals surface area (Å²) in [6, 6.07) is 16.5. The van der Waals surface area contributed by atoms with Crippen molar-refractivity contribution in [1.29, 1.82) is 0 Å². The van der Waals surface area contributed by atoms with E-state index in [0.717, 1.165) is 26.2 Å². The molecule has 4 rings (SSSR count). The number of hydrogen-bond donors (Lipinski definition) is 2. The summed E-state index contributed by atoms with van der Waals surface area (Å²) in [5.74, 6) is -0.242. The van der Waals surface area contributed by atoms with Crippen LogP contribution < -0.4 is 20.3 Å². The summed E-state index contributed by atoms with van der Waals surface area (Å²) in [4.78, 5) is 44.4. The van der Waals surface area contributed by atoms with E-state index in [4.69, 9.17) is 4.74 Å². The van der Waals surface area contributed by atoms with Gasteiger partial charge in [0, 0.05) is 45.0 Å². The van der Waals surface area contributed by atoms with Crippen LogP contribution in [-0.2, 0) is 14.4 Å². The van der Waals surface area contributed by atoms with Crippen LogP contribution in [0.1, 0.15) is 6.42 Å². The number of amides is 3. The SMILES string of the molecule is COc1ccccc1NC(=O)C[C@H]1C(=O)NCCN1C(=O)CN1CCN(c2ccccc2)CC1. The molecule has 2 heterocycles. The average Bonchev–Trinajstić information content (AvgIpc) is 2.86. The van der Waals surface area contributed by atoms with E-state index in [0.29, 0.717) is 24.5 Å². The lowest BCUT2D eigenvalue weighted by molar-refractivity contribution is -0.145. The lowest BCUT2D eigenvalue weighted by atomic mass is 10.1. The van der Waals surface area contributed by atoms with Gasteiger partial charge >= 0.3 is 0 Å². The van der Waals surface area contributed by atoms with Gasteiger partial charge in [-0.1, -0.05) is 30.3 Å². The Morgan fingerprint density at radius 1 is 1.00 bits per heavy atom. The van der Waals surface area contributed by atoms with E-state index >= 15 is 0 Å². The Kier molecular flexibility index (Phi) is 7.64. The third-order valence-electron chi connectivity index (χ3n) is 6.26. The fraction of sp³-hybridized carbons (Fsp3) is 0.400. The summed E-state index contributed by atoms with van der Waals surface area (Å²) in [5, 5.41) is 5.57. The van der Waals surface area contributed by atoms with Gasteiger partial charge in [-0.3, -0.25) is 19.3 Å². The summed E-state index contributed by atoms with van der Waals surface area (Å²) in [5.41, 5.74) is 1.71. The van der Waals surface area contributed by atoms with E-state index in [9.17, 15) is 14.4 Å². The maximum Gasteiger partial charge on any atom is 0.243 e. The van der Waals surface area contributed by atoms with Gasteiger partial charge < -0.3 is 25.2 Å². The van der Waals surface area contributed by atoms with Gasteiger partial charge in [0.05, 0.1) is 25.8 Å². The lowest BCUT2D eigenvalue weighted by Crippen LogP contribution is -2.60. The smallest absolute Gasteiger partial charge is 0.243 e. The van der Waals surface area contributed by atoms with Gasteiger partial charge in [0.25, 0.3) is 0 Å². The molecule has 2 fully saturated rings. The Hall–Kier alpha value is -3.59. The van der Waals surface area contributed by atoms with E-state index in [1.165, 1.54) is 12.8 Å². The van der Waals surface area contributed by atoms with Gasteiger partial charge in [-0.25, -0.2) is 0 Å². The summed E-state index contributed by atoms with van der Waals surface area (Å²) in [6.07, 6.45) is -0.114. The molecule has 0 aromatic heterocycles. The Bertz CT molecular complexity index is 1010. The van der Waals surface area contributed by atoms with Gasteiger partial charge in [-0.2, -0.15) is 0 Å². The number of methoxy groups -OCH3 is 1. The summed E-state index contributed by atoms with van der Waals surface area (Å²) in [6.45, 7) is 4.21. The number of rotatable bonds is 7. The van der Waals surface area contributed by atoms with Crippen molar-refractivity contribution in [2.75, 3.05) is 63.1 Å². The highest BCUT2D eigenvalue weighted by molar-refractivity contribution is 5.98. The molecule has 0 spiro atoms. The second kappa shape index (κ2) is 11.0. The first kappa shape index (κ1) is 23.6. The van der Waals surface area contributed by atoms with Crippen LogP contribution in [0.3, 0.4) is 0 Å². The normalized spacial score (nSPS) is 18.9. The topological polar surface area (TPSA) is 94.2 Å². The molecule has 2 aliphatic heterocycles. The van der Waals surface area contributed by atoms with Crippen molar-refractivity contribution in [3.63, 3.8) is 0 Å². The molecule has 9 nitrogen and oxygen atoms in total. The maximum absolute atomic E-state index is 13.2. The van der Waals surface area contributed by atoms with Crippen LogP contribution in [0.25, 0.3) is 0 Å². The second-order valence-electron chi connectivity index (χ2n) is 8.45. The lowest BCUT2D eigenvalue weighted by Gasteiger charge is -2.39. The van der Waals surface area contributed by atoms with Crippen LogP contribution in [-0.4, -0.2) is 86.5 Å². The largest absolute Gasteiger partial charge is 0.495 e. The number of piperazine rings is 2. The summed E-state index contributed by atoms with van der Waals surface area (Å²) >= 11 is 0. The molecular weight excluding hydrogens is 434 g/mol. The van der Waals surface area contributed by atoms with E-state index in [1.807, 2.05) is 24.3 Å². The fourth-order valence-electron chi connectivity index (χ4n) is 4.43. The fourth-order valence-corrected chi connectivity index (χ4v) is 4.43. The number of nitrogens with zero attached hydrogens (tertiary/aromatic N) is 3. The first-order valence-electron chi connectivity index (χ1n) is 11.6. The van der Waals surface area contributed by atoms with E-state index in [1.54, 1.807) is 23.1 Å². The zero-order valence-electron chi connectivity index (χ0n) is 19.4. The van der Waals surface area contributed by atoms with Crippen LogP contribution in [0.4, 0.5) is 11.4 Å². The van der Waals surface area contributed by atoms with Gasteiger partial charge in [0.15, 0.2) is 0 Å². The van der Waals surface area contributed by atoms with Crippen molar-refractivity contribution in [2.24, 2.45) is 0 Å². The molecule has 2 N–H and O–H groups in total. The van der Waals surface area contributed by atoms with E-state index < -0.39 is 6.04 Å². The molecule has 0 unspecified atom stereocenters. The van der Waals surface area contributed by atoms with Crippen molar-refractivity contribution in [2.45, 2.75) is 12.5 Å². The van der Waals surface area contributed by atoms with Crippen molar-refractivity contribution in [3.8, 4) is 5.75 Å². The van der Waals surface area contributed by atoms with Crippen molar-refractivity contribution in [1.82, 2.24) is 15.1 Å². The van der Waals surface area contributed by atoms with E-state index in [-0.39, 0.29) is 30.7 Å². The molecule has 1 atom stereocenters. The number of carbonyl (C=O) groups is 3. The van der Waals surface area contributed by atoms with Gasteiger partial charge in [-0.05, 0) is 24.3 Å². The molecule has 0 saturated carbocycles. The predicted octanol–water partition coefficient (Wildman–Crippen LogP) is 1.17.